The van der Waals surface area contributed by atoms with E-state index in [1.807, 2.05) is 32.7 Å². The lowest BCUT2D eigenvalue weighted by atomic mass is 10.0. The lowest BCUT2D eigenvalue weighted by molar-refractivity contribution is -0.120. The van der Waals surface area contributed by atoms with Gasteiger partial charge in [-0.15, -0.1) is 0 Å². The average Bonchev–Trinajstić information content (AvgIpc) is 2.26. The number of carbonyl (C=O) groups excluding carboxylic acids is 2. The molecule has 116 valence electrons. The van der Waals surface area contributed by atoms with Gasteiger partial charge in [-0.05, 0) is 47.2 Å². The Labute approximate surface area is 121 Å². The average molecular weight is 284 g/mol. The molecule has 0 aromatic heterocycles. The van der Waals surface area contributed by atoms with Gasteiger partial charge in [0.15, 0.2) is 0 Å². The summed E-state index contributed by atoms with van der Waals surface area (Å²) in [6.45, 7) is 7.73. The monoisotopic (exact) mass is 284 g/mol. The van der Waals surface area contributed by atoms with Crippen molar-refractivity contribution in [1.82, 2.24) is 20.9 Å². The van der Waals surface area contributed by atoms with Crippen LogP contribution < -0.4 is 16.0 Å². The summed E-state index contributed by atoms with van der Waals surface area (Å²) >= 11 is 0. The largest absolute Gasteiger partial charge is 0.333 e. The van der Waals surface area contributed by atoms with Crippen LogP contribution in [0.5, 0.6) is 0 Å². The number of hydrogen-bond acceptors (Lipinski definition) is 4. The van der Waals surface area contributed by atoms with Gasteiger partial charge in [0.05, 0.1) is 6.54 Å². The molecular formula is C14H28N4O2. The van der Waals surface area contributed by atoms with Crippen molar-refractivity contribution in [1.29, 1.82) is 0 Å². The number of urea groups is 1. The molecule has 1 atom stereocenters. The number of amides is 3. The molecule has 6 heteroatoms. The quantitative estimate of drug-likeness (QED) is 0.710. The first kappa shape index (κ1) is 16.9. The minimum absolute atomic E-state index is 0.232. The highest BCUT2D eigenvalue weighted by Crippen LogP contribution is 2.07. The molecule has 1 aliphatic heterocycles. The standard InChI is InChI=1S/C14H28N4O2/c1-14(2,3)17-13(20)16-12(19)10-18(4)9-11-7-5-6-8-15-11/h11,15H,5-10H2,1-4H3,(H2,16,17,19,20). The van der Waals surface area contributed by atoms with Gasteiger partial charge in [0.2, 0.25) is 5.91 Å². The zero-order valence-corrected chi connectivity index (χ0v) is 13.1. The molecule has 0 radical (unpaired) electrons. The second kappa shape index (κ2) is 7.59. The molecule has 0 spiro atoms. The molecule has 1 saturated heterocycles. The van der Waals surface area contributed by atoms with Crippen LogP contribution >= 0.6 is 0 Å². The molecule has 3 N–H and O–H groups in total. The Morgan fingerprint density at radius 1 is 1.30 bits per heavy atom. The van der Waals surface area contributed by atoms with Gasteiger partial charge in [0, 0.05) is 18.1 Å². The summed E-state index contributed by atoms with van der Waals surface area (Å²) in [6, 6.07) is 0.0108. The third-order valence-electron chi connectivity index (χ3n) is 3.10. The maximum Gasteiger partial charge on any atom is 0.321 e. The molecule has 6 nitrogen and oxygen atoms in total. The van der Waals surface area contributed by atoms with Crippen LogP contribution in [-0.4, -0.2) is 55.1 Å². The highest BCUT2D eigenvalue weighted by atomic mass is 16.2. The van der Waals surface area contributed by atoms with Gasteiger partial charge < -0.3 is 10.6 Å². The first-order valence-corrected chi connectivity index (χ1v) is 7.30. The van der Waals surface area contributed by atoms with Crippen molar-refractivity contribution in [2.75, 3.05) is 26.7 Å². The molecule has 20 heavy (non-hydrogen) atoms. The normalized spacial score (nSPS) is 19.8. The van der Waals surface area contributed by atoms with Crippen LogP contribution in [0.1, 0.15) is 40.0 Å². The van der Waals surface area contributed by atoms with Crippen LogP contribution in [-0.2, 0) is 4.79 Å². The summed E-state index contributed by atoms with van der Waals surface area (Å²) in [5.74, 6) is -0.273. The third-order valence-corrected chi connectivity index (χ3v) is 3.10. The highest BCUT2D eigenvalue weighted by molar-refractivity contribution is 5.95. The molecule has 1 rings (SSSR count). The number of nitrogens with zero attached hydrogens (tertiary/aromatic N) is 1. The van der Waals surface area contributed by atoms with E-state index >= 15 is 0 Å². The summed E-state index contributed by atoms with van der Waals surface area (Å²) in [5.41, 5.74) is -0.345. The fourth-order valence-corrected chi connectivity index (χ4v) is 2.30. The Morgan fingerprint density at radius 2 is 2.00 bits per heavy atom. The van der Waals surface area contributed by atoms with Crippen LogP contribution in [0, 0.1) is 0 Å². The molecule has 0 aromatic rings. The minimum Gasteiger partial charge on any atom is -0.333 e. The predicted octanol–water partition coefficient (Wildman–Crippen LogP) is 0.685. The van der Waals surface area contributed by atoms with Crippen molar-refractivity contribution >= 4 is 11.9 Å². The van der Waals surface area contributed by atoms with E-state index in [4.69, 9.17) is 0 Å². The molecule has 3 amide bonds. The Kier molecular flexibility index (Phi) is 6.42. The Morgan fingerprint density at radius 3 is 2.55 bits per heavy atom. The number of hydrogen-bond donors (Lipinski definition) is 3. The van der Waals surface area contributed by atoms with Crippen LogP contribution in [0.4, 0.5) is 4.79 Å². The molecule has 0 bridgehead atoms. The van der Waals surface area contributed by atoms with Crippen molar-refractivity contribution in [3.05, 3.63) is 0 Å². The van der Waals surface area contributed by atoms with Crippen molar-refractivity contribution in [2.45, 2.75) is 51.6 Å². The van der Waals surface area contributed by atoms with E-state index in [0.29, 0.717) is 6.04 Å². The van der Waals surface area contributed by atoms with E-state index in [2.05, 4.69) is 16.0 Å². The van der Waals surface area contributed by atoms with Gasteiger partial charge >= 0.3 is 6.03 Å². The van der Waals surface area contributed by atoms with E-state index in [1.54, 1.807) is 0 Å². The van der Waals surface area contributed by atoms with Gasteiger partial charge in [-0.2, -0.15) is 0 Å². The van der Waals surface area contributed by atoms with E-state index < -0.39 is 6.03 Å². The van der Waals surface area contributed by atoms with Gasteiger partial charge in [-0.1, -0.05) is 6.42 Å². The smallest absolute Gasteiger partial charge is 0.321 e. The Hall–Kier alpha value is -1.14. The first-order chi connectivity index (χ1) is 9.26. The van der Waals surface area contributed by atoms with Gasteiger partial charge in [0.25, 0.3) is 0 Å². The summed E-state index contributed by atoms with van der Waals surface area (Å²) in [4.78, 5) is 25.3. The van der Waals surface area contributed by atoms with Crippen LogP contribution in [0.2, 0.25) is 0 Å². The van der Waals surface area contributed by atoms with Gasteiger partial charge in [-0.25, -0.2) is 4.79 Å². The van der Waals surface area contributed by atoms with Crippen molar-refractivity contribution < 1.29 is 9.59 Å². The van der Waals surface area contributed by atoms with Crippen molar-refractivity contribution in [3.8, 4) is 0 Å². The molecule has 0 aromatic carbocycles. The Balaban J connectivity index is 2.25. The minimum atomic E-state index is -0.438. The lowest BCUT2D eigenvalue weighted by Gasteiger charge is -2.28. The van der Waals surface area contributed by atoms with Gasteiger partial charge in [-0.3, -0.25) is 15.0 Å². The summed E-state index contributed by atoms with van der Waals surface area (Å²) in [7, 11) is 1.90. The fourth-order valence-electron chi connectivity index (χ4n) is 2.30. The number of likely N-dealkylation sites (N-methyl/N-ethyl adjacent to an activating group) is 1. The topological polar surface area (TPSA) is 73.5 Å². The summed E-state index contributed by atoms with van der Waals surface area (Å²) in [5, 5.41) is 8.50. The molecule has 1 aliphatic rings. The van der Waals surface area contributed by atoms with E-state index in [1.165, 1.54) is 12.8 Å². The van der Waals surface area contributed by atoms with Crippen LogP contribution in [0.15, 0.2) is 0 Å². The molecule has 1 heterocycles. The summed E-state index contributed by atoms with van der Waals surface area (Å²) in [6.07, 6.45) is 3.62. The van der Waals surface area contributed by atoms with E-state index in [9.17, 15) is 9.59 Å². The molecule has 1 unspecified atom stereocenters. The molecular weight excluding hydrogens is 256 g/mol. The van der Waals surface area contributed by atoms with Gasteiger partial charge in [0.1, 0.15) is 0 Å². The third kappa shape index (κ3) is 7.45. The number of piperidine rings is 1. The number of imide groups is 1. The molecule has 1 fully saturated rings. The van der Waals surface area contributed by atoms with E-state index in [0.717, 1.165) is 19.5 Å². The van der Waals surface area contributed by atoms with Crippen LogP contribution in [0.3, 0.4) is 0 Å². The maximum atomic E-state index is 11.8. The number of carbonyl (C=O) groups is 2. The second-order valence-electron chi connectivity index (χ2n) is 6.60. The molecule has 0 aliphatic carbocycles. The maximum absolute atomic E-state index is 11.8. The lowest BCUT2D eigenvalue weighted by Crippen LogP contribution is -2.51. The highest BCUT2D eigenvalue weighted by Gasteiger charge is 2.18. The Bertz CT molecular complexity index is 333. The summed E-state index contributed by atoms with van der Waals surface area (Å²) < 4.78 is 0. The SMILES string of the molecule is CN(CC(=O)NC(=O)NC(C)(C)C)CC1CCCCN1. The van der Waals surface area contributed by atoms with Crippen molar-refractivity contribution in [2.24, 2.45) is 0 Å². The zero-order chi connectivity index (χ0) is 15.2. The predicted molar refractivity (Wildman–Crippen MR) is 79.6 cm³/mol. The van der Waals surface area contributed by atoms with E-state index in [-0.39, 0.29) is 18.0 Å². The van der Waals surface area contributed by atoms with Crippen LogP contribution in [0.25, 0.3) is 0 Å². The fraction of sp³-hybridized carbons (Fsp3) is 0.857. The number of nitrogens with one attached hydrogen (secondary N) is 3. The second-order valence-corrected chi connectivity index (χ2v) is 6.60. The number of rotatable bonds is 4. The molecule has 0 saturated carbocycles. The van der Waals surface area contributed by atoms with Crippen molar-refractivity contribution in [3.63, 3.8) is 0 Å². The first-order valence-electron chi connectivity index (χ1n) is 7.30. The zero-order valence-electron chi connectivity index (χ0n) is 13.1.